The Morgan fingerprint density at radius 2 is 2.29 bits per heavy atom. The van der Waals surface area contributed by atoms with Crippen LogP contribution in [0.5, 0.6) is 0 Å². The van der Waals surface area contributed by atoms with E-state index in [4.69, 9.17) is 4.52 Å². The van der Waals surface area contributed by atoms with Gasteiger partial charge in [0.15, 0.2) is 10.7 Å². The summed E-state index contributed by atoms with van der Waals surface area (Å²) < 4.78 is 6.77. The van der Waals surface area contributed by atoms with E-state index in [2.05, 4.69) is 15.5 Å². The molecular weight excluding hydrogens is 328 g/mol. The van der Waals surface area contributed by atoms with Crippen molar-refractivity contribution >= 4 is 22.2 Å². The molecule has 8 heteroatoms. The molecule has 3 heterocycles. The minimum absolute atomic E-state index is 0.0920. The van der Waals surface area contributed by atoms with E-state index in [1.807, 2.05) is 5.38 Å². The molecule has 4 rings (SSSR count). The number of rotatable bonds is 5. The summed E-state index contributed by atoms with van der Waals surface area (Å²) in [4.78, 5) is 29.2. The van der Waals surface area contributed by atoms with Gasteiger partial charge in [-0.15, -0.1) is 11.3 Å². The van der Waals surface area contributed by atoms with Gasteiger partial charge in [-0.2, -0.15) is 0 Å². The van der Waals surface area contributed by atoms with Crippen molar-refractivity contribution in [3.63, 3.8) is 0 Å². The Hall–Kier alpha value is -2.48. The Morgan fingerprint density at radius 3 is 3.08 bits per heavy atom. The lowest BCUT2D eigenvalue weighted by Gasteiger charge is -2.03. The fourth-order valence-electron chi connectivity index (χ4n) is 2.61. The molecule has 0 aromatic carbocycles. The zero-order chi connectivity index (χ0) is 16.7. The van der Waals surface area contributed by atoms with Crippen LogP contribution < -0.4 is 10.9 Å². The number of aromatic nitrogens is 3. The van der Waals surface area contributed by atoms with Crippen molar-refractivity contribution in [2.45, 2.75) is 32.1 Å². The minimum atomic E-state index is -0.258. The maximum atomic E-state index is 12.1. The molecule has 3 aromatic heterocycles. The van der Waals surface area contributed by atoms with Crippen LogP contribution in [0.15, 0.2) is 26.8 Å². The average molecular weight is 344 g/mol. The minimum Gasteiger partial charge on any atom is -0.360 e. The molecule has 1 saturated carbocycles. The first kappa shape index (κ1) is 15.1. The Labute approximate surface area is 141 Å². The first-order valence-corrected chi connectivity index (χ1v) is 8.71. The highest BCUT2D eigenvalue weighted by molar-refractivity contribution is 7.15. The maximum Gasteiger partial charge on any atom is 0.273 e. The highest BCUT2D eigenvalue weighted by Gasteiger charge is 2.28. The highest BCUT2D eigenvalue weighted by atomic mass is 32.1. The molecule has 1 aliphatic carbocycles. The third-order valence-electron chi connectivity index (χ3n) is 4.01. The summed E-state index contributed by atoms with van der Waals surface area (Å²) in [6.07, 6.45) is 2.75. The number of hydrogen-bond donors (Lipinski definition) is 1. The largest absolute Gasteiger partial charge is 0.360 e. The van der Waals surface area contributed by atoms with Gasteiger partial charge in [-0.05, 0) is 19.8 Å². The normalized spacial score (nSPS) is 14.2. The average Bonchev–Trinajstić information content (AvgIpc) is 3.13. The van der Waals surface area contributed by atoms with Gasteiger partial charge in [-0.3, -0.25) is 14.0 Å². The topological polar surface area (TPSA) is 89.5 Å². The summed E-state index contributed by atoms with van der Waals surface area (Å²) in [6.45, 7) is 2.21. The van der Waals surface area contributed by atoms with Gasteiger partial charge in [0, 0.05) is 47.8 Å². The number of carbonyl (C=O) groups excluding carboxylic acids is 1. The van der Waals surface area contributed by atoms with Crippen LogP contribution in [0.2, 0.25) is 0 Å². The second kappa shape index (κ2) is 5.86. The molecule has 1 N–H and O–H groups in total. The molecule has 1 fully saturated rings. The molecule has 7 nitrogen and oxygen atoms in total. The summed E-state index contributed by atoms with van der Waals surface area (Å²) in [6, 6.07) is 3.22. The van der Waals surface area contributed by atoms with Gasteiger partial charge in [-0.1, -0.05) is 5.16 Å². The molecule has 3 aromatic rings. The number of fused-ring (bicyclic) bond motifs is 1. The van der Waals surface area contributed by atoms with E-state index in [9.17, 15) is 9.59 Å². The Balaban J connectivity index is 1.41. The fraction of sp³-hybridized carbons (Fsp3) is 0.375. The maximum absolute atomic E-state index is 12.1. The number of hydrogen-bond acceptors (Lipinski definition) is 6. The highest BCUT2D eigenvalue weighted by Crippen LogP contribution is 2.40. The van der Waals surface area contributed by atoms with E-state index in [0.29, 0.717) is 35.2 Å². The Morgan fingerprint density at radius 1 is 1.46 bits per heavy atom. The van der Waals surface area contributed by atoms with E-state index in [-0.39, 0.29) is 11.5 Å². The van der Waals surface area contributed by atoms with Gasteiger partial charge in [0.1, 0.15) is 5.76 Å². The van der Waals surface area contributed by atoms with Crippen molar-refractivity contribution < 1.29 is 9.32 Å². The molecule has 24 heavy (non-hydrogen) atoms. The van der Waals surface area contributed by atoms with Gasteiger partial charge in [0.05, 0.1) is 0 Å². The van der Waals surface area contributed by atoms with E-state index in [1.165, 1.54) is 17.4 Å². The van der Waals surface area contributed by atoms with Gasteiger partial charge < -0.3 is 9.84 Å². The lowest BCUT2D eigenvalue weighted by atomic mass is 10.2. The molecule has 0 saturated heterocycles. The number of nitrogens with one attached hydrogen (secondary N) is 1. The van der Waals surface area contributed by atoms with Gasteiger partial charge in [0.2, 0.25) is 0 Å². The van der Waals surface area contributed by atoms with Crippen molar-refractivity contribution in [2.75, 3.05) is 6.54 Å². The third-order valence-corrected chi connectivity index (χ3v) is 4.89. The molecular formula is C16H16N4O3S. The Bertz CT molecular complexity index is 967. The number of carbonyl (C=O) groups is 1. The van der Waals surface area contributed by atoms with Crippen LogP contribution in [0, 0.1) is 6.92 Å². The summed E-state index contributed by atoms with van der Waals surface area (Å²) >= 11 is 1.42. The van der Waals surface area contributed by atoms with Gasteiger partial charge in [0.25, 0.3) is 11.5 Å². The van der Waals surface area contributed by atoms with Gasteiger partial charge >= 0.3 is 0 Å². The van der Waals surface area contributed by atoms with E-state index >= 15 is 0 Å². The fourth-order valence-corrected chi connectivity index (χ4v) is 3.58. The molecule has 1 aliphatic rings. The van der Waals surface area contributed by atoms with Gasteiger partial charge in [-0.25, -0.2) is 4.98 Å². The summed E-state index contributed by atoms with van der Waals surface area (Å²) in [5.74, 6) is 0.961. The van der Waals surface area contributed by atoms with Crippen LogP contribution in [0.4, 0.5) is 0 Å². The van der Waals surface area contributed by atoms with Crippen molar-refractivity contribution in [1.29, 1.82) is 0 Å². The molecule has 0 radical (unpaired) electrons. The SMILES string of the molecule is Cc1cc(=O)n2c(CCNC(=O)c3cc(C4CC4)on3)csc2n1. The van der Waals surface area contributed by atoms with Crippen molar-refractivity contribution in [3.8, 4) is 0 Å². The van der Waals surface area contributed by atoms with E-state index in [1.54, 1.807) is 17.4 Å². The summed E-state index contributed by atoms with van der Waals surface area (Å²) in [5, 5.41) is 8.53. The molecule has 0 atom stereocenters. The number of nitrogens with zero attached hydrogens (tertiary/aromatic N) is 3. The lowest BCUT2D eigenvalue weighted by molar-refractivity contribution is 0.0945. The second-order valence-electron chi connectivity index (χ2n) is 5.98. The van der Waals surface area contributed by atoms with E-state index < -0.39 is 0 Å². The smallest absolute Gasteiger partial charge is 0.273 e. The van der Waals surface area contributed by atoms with Crippen LogP contribution in [0.25, 0.3) is 4.96 Å². The number of aryl methyl sites for hydroxylation is 1. The molecule has 0 spiro atoms. The quantitative estimate of drug-likeness (QED) is 0.763. The third kappa shape index (κ3) is 2.84. The first-order valence-electron chi connectivity index (χ1n) is 7.83. The van der Waals surface area contributed by atoms with Crippen LogP contribution in [-0.2, 0) is 6.42 Å². The van der Waals surface area contributed by atoms with Crippen molar-refractivity contribution in [3.05, 3.63) is 50.7 Å². The predicted octanol–water partition coefficient (Wildman–Crippen LogP) is 1.90. The summed E-state index contributed by atoms with van der Waals surface area (Å²) in [5.41, 5.74) is 1.76. The second-order valence-corrected chi connectivity index (χ2v) is 6.81. The molecule has 124 valence electrons. The van der Waals surface area contributed by atoms with Crippen LogP contribution >= 0.6 is 11.3 Å². The predicted molar refractivity (Wildman–Crippen MR) is 88.6 cm³/mol. The zero-order valence-electron chi connectivity index (χ0n) is 13.1. The van der Waals surface area contributed by atoms with Crippen LogP contribution in [0.1, 0.15) is 46.4 Å². The van der Waals surface area contributed by atoms with Crippen LogP contribution in [0.3, 0.4) is 0 Å². The van der Waals surface area contributed by atoms with Crippen molar-refractivity contribution in [2.24, 2.45) is 0 Å². The Kier molecular flexibility index (Phi) is 3.68. The molecule has 0 aliphatic heterocycles. The lowest BCUT2D eigenvalue weighted by Crippen LogP contribution is -2.27. The monoisotopic (exact) mass is 344 g/mol. The van der Waals surface area contributed by atoms with Crippen LogP contribution in [-0.4, -0.2) is 27.0 Å². The zero-order valence-corrected chi connectivity index (χ0v) is 13.9. The van der Waals surface area contributed by atoms with Crippen molar-refractivity contribution in [1.82, 2.24) is 19.9 Å². The van der Waals surface area contributed by atoms with E-state index in [0.717, 1.165) is 24.3 Å². The molecule has 1 amide bonds. The standard InChI is InChI=1S/C16H16N4O3S/c1-9-6-14(21)20-11(8-24-16(20)18-9)4-5-17-15(22)12-7-13(23-19-12)10-2-3-10/h6-8,10H,2-5H2,1H3,(H,17,22). The number of amides is 1. The summed E-state index contributed by atoms with van der Waals surface area (Å²) in [7, 11) is 0. The molecule has 0 unspecified atom stereocenters. The molecule has 0 bridgehead atoms. The number of thiazole rings is 1. The first-order chi connectivity index (χ1) is 11.6.